The van der Waals surface area contributed by atoms with Crippen LogP contribution < -0.4 is 15.5 Å². The van der Waals surface area contributed by atoms with Gasteiger partial charge in [-0.2, -0.15) is 13.2 Å². The average molecular weight is 433 g/mol. The molecule has 6 nitrogen and oxygen atoms in total. The highest BCUT2D eigenvalue weighted by atomic mass is 19.4. The van der Waals surface area contributed by atoms with Crippen molar-refractivity contribution in [1.82, 2.24) is 5.32 Å². The zero-order valence-corrected chi connectivity index (χ0v) is 16.8. The minimum atomic E-state index is -4.54. The van der Waals surface area contributed by atoms with Crippen molar-refractivity contribution >= 4 is 29.1 Å². The Morgan fingerprint density at radius 2 is 1.77 bits per heavy atom. The van der Waals surface area contributed by atoms with Gasteiger partial charge in [0.05, 0.1) is 17.2 Å². The van der Waals surface area contributed by atoms with Crippen LogP contribution in [0.3, 0.4) is 0 Å². The van der Waals surface area contributed by atoms with Crippen LogP contribution in [0.15, 0.2) is 48.5 Å². The summed E-state index contributed by atoms with van der Waals surface area (Å²) in [7, 11) is 0. The highest BCUT2D eigenvalue weighted by Gasteiger charge is 2.35. The number of benzene rings is 2. The van der Waals surface area contributed by atoms with Crippen molar-refractivity contribution < 1.29 is 27.6 Å². The quantitative estimate of drug-likeness (QED) is 0.732. The first-order chi connectivity index (χ1) is 14.7. The Balaban J connectivity index is 1.68. The number of aryl methyl sites for hydroxylation is 1. The molecule has 0 bridgehead atoms. The molecule has 1 unspecified atom stereocenters. The van der Waals surface area contributed by atoms with Crippen molar-refractivity contribution in [1.29, 1.82) is 0 Å². The summed E-state index contributed by atoms with van der Waals surface area (Å²) in [6.07, 6.45) is -3.67. The Morgan fingerprint density at radius 1 is 1.10 bits per heavy atom. The van der Waals surface area contributed by atoms with Gasteiger partial charge >= 0.3 is 6.18 Å². The lowest BCUT2D eigenvalue weighted by Crippen LogP contribution is -2.34. The second-order valence-corrected chi connectivity index (χ2v) is 7.26. The minimum absolute atomic E-state index is 0.00377. The molecule has 1 saturated heterocycles. The molecule has 3 amide bonds. The molecule has 1 atom stereocenters. The van der Waals surface area contributed by atoms with Crippen molar-refractivity contribution in [3.63, 3.8) is 0 Å². The largest absolute Gasteiger partial charge is 0.405 e. The highest BCUT2D eigenvalue weighted by Crippen LogP contribution is 2.27. The van der Waals surface area contributed by atoms with E-state index in [1.54, 1.807) is 11.4 Å². The summed E-state index contributed by atoms with van der Waals surface area (Å²) >= 11 is 0. The van der Waals surface area contributed by atoms with Crippen LogP contribution in [-0.2, 0) is 16.0 Å². The molecule has 2 N–H and O–H groups in total. The Bertz CT molecular complexity index is 974. The van der Waals surface area contributed by atoms with Crippen LogP contribution in [0.1, 0.15) is 29.3 Å². The summed E-state index contributed by atoms with van der Waals surface area (Å²) in [5.41, 5.74) is 1.83. The Labute approximate surface area is 177 Å². The molecule has 164 valence electrons. The number of rotatable bonds is 6. The zero-order chi connectivity index (χ0) is 22.6. The molecule has 0 aromatic heterocycles. The molecule has 31 heavy (non-hydrogen) atoms. The second kappa shape index (κ2) is 9.20. The van der Waals surface area contributed by atoms with E-state index in [1.807, 2.05) is 31.2 Å². The standard InChI is InChI=1S/C22H22F3N3O3/c1-2-14-7-9-16(10-8-14)28-12-15(11-19(28)29)20(30)27-18-6-4-3-5-17(18)21(31)26-13-22(23,24)25/h3-10,15H,2,11-13H2,1H3,(H,26,31)(H,27,30). The first-order valence-corrected chi connectivity index (χ1v) is 9.82. The topological polar surface area (TPSA) is 78.5 Å². The van der Waals surface area contributed by atoms with E-state index in [-0.39, 0.29) is 30.1 Å². The highest BCUT2D eigenvalue weighted by molar-refractivity contribution is 6.07. The first kappa shape index (κ1) is 22.3. The van der Waals surface area contributed by atoms with Crippen LogP contribution in [0, 0.1) is 5.92 Å². The predicted molar refractivity (Wildman–Crippen MR) is 110 cm³/mol. The normalized spacial score (nSPS) is 16.3. The van der Waals surface area contributed by atoms with E-state index in [0.717, 1.165) is 12.0 Å². The van der Waals surface area contributed by atoms with Gasteiger partial charge in [-0.05, 0) is 36.2 Å². The molecule has 2 aromatic rings. The maximum atomic E-state index is 12.7. The van der Waals surface area contributed by atoms with E-state index < -0.39 is 30.5 Å². The van der Waals surface area contributed by atoms with Gasteiger partial charge < -0.3 is 15.5 Å². The van der Waals surface area contributed by atoms with E-state index in [2.05, 4.69) is 5.32 Å². The molecule has 1 heterocycles. The van der Waals surface area contributed by atoms with E-state index in [1.165, 1.54) is 23.1 Å². The average Bonchev–Trinajstić information content (AvgIpc) is 3.13. The third kappa shape index (κ3) is 5.62. The number of nitrogens with one attached hydrogen (secondary N) is 2. The molecule has 2 aromatic carbocycles. The number of nitrogens with zero attached hydrogens (tertiary/aromatic N) is 1. The predicted octanol–water partition coefficient (Wildman–Crippen LogP) is 3.53. The van der Waals surface area contributed by atoms with Crippen molar-refractivity contribution in [3.8, 4) is 0 Å². The number of anilines is 2. The number of alkyl halides is 3. The van der Waals surface area contributed by atoms with Crippen LogP contribution in [0.4, 0.5) is 24.5 Å². The molecule has 1 aliphatic rings. The number of hydrogen-bond acceptors (Lipinski definition) is 3. The number of halogens is 3. The van der Waals surface area contributed by atoms with Crippen LogP contribution >= 0.6 is 0 Å². The molecular weight excluding hydrogens is 411 g/mol. The lowest BCUT2D eigenvalue weighted by Gasteiger charge is -2.17. The van der Waals surface area contributed by atoms with Crippen molar-refractivity contribution in [3.05, 3.63) is 59.7 Å². The van der Waals surface area contributed by atoms with Gasteiger partial charge in [0.25, 0.3) is 5.91 Å². The fraction of sp³-hybridized carbons (Fsp3) is 0.318. The van der Waals surface area contributed by atoms with Gasteiger partial charge in [-0.1, -0.05) is 31.2 Å². The molecule has 0 radical (unpaired) electrons. The fourth-order valence-corrected chi connectivity index (χ4v) is 3.34. The lowest BCUT2D eigenvalue weighted by molar-refractivity contribution is -0.123. The number of carbonyl (C=O) groups is 3. The Hall–Kier alpha value is -3.36. The summed E-state index contributed by atoms with van der Waals surface area (Å²) < 4.78 is 37.1. The summed E-state index contributed by atoms with van der Waals surface area (Å²) in [5, 5.41) is 4.37. The van der Waals surface area contributed by atoms with Gasteiger partial charge in [-0.3, -0.25) is 14.4 Å². The second-order valence-electron chi connectivity index (χ2n) is 7.26. The SMILES string of the molecule is CCc1ccc(N2CC(C(=O)Nc3ccccc3C(=O)NCC(F)(F)F)CC2=O)cc1. The van der Waals surface area contributed by atoms with Crippen molar-refractivity contribution in [2.45, 2.75) is 25.9 Å². The van der Waals surface area contributed by atoms with E-state index >= 15 is 0 Å². The third-order valence-electron chi connectivity index (χ3n) is 5.03. The summed E-state index contributed by atoms with van der Waals surface area (Å²) in [6, 6.07) is 13.3. The maximum Gasteiger partial charge on any atom is 0.405 e. The lowest BCUT2D eigenvalue weighted by atomic mass is 10.1. The summed E-state index contributed by atoms with van der Waals surface area (Å²) in [5.74, 6) is -2.27. The van der Waals surface area contributed by atoms with Crippen LogP contribution in [0.2, 0.25) is 0 Å². The van der Waals surface area contributed by atoms with Gasteiger partial charge in [0, 0.05) is 18.7 Å². The zero-order valence-electron chi connectivity index (χ0n) is 16.8. The first-order valence-electron chi connectivity index (χ1n) is 9.82. The van der Waals surface area contributed by atoms with Crippen LogP contribution in [0.25, 0.3) is 0 Å². The molecule has 9 heteroatoms. The Kier molecular flexibility index (Phi) is 6.62. The summed E-state index contributed by atoms with van der Waals surface area (Å²) in [6.45, 7) is 0.729. The number of carbonyl (C=O) groups excluding carboxylic acids is 3. The molecule has 1 aliphatic heterocycles. The monoisotopic (exact) mass is 433 g/mol. The molecule has 0 spiro atoms. The van der Waals surface area contributed by atoms with Crippen molar-refractivity contribution in [2.24, 2.45) is 5.92 Å². The van der Waals surface area contributed by atoms with Crippen LogP contribution in [0.5, 0.6) is 0 Å². The third-order valence-corrected chi connectivity index (χ3v) is 5.03. The van der Waals surface area contributed by atoms with E-state index in [0.29, 0.717) is 5.69 Å². The maximum absolute atomic E-state index is 12.7. The van der Waals surface area contributed by atoms with Gasteiger partial charge in [-0.15, -0.1) is 0 Å². The van der Waals surface area contributed by atoms with Gasteiger partial charge in [0.1, 0.15) is 6.54 Å². The van der Waals surface area contributed by atoms with E-state index in [9.17, 15) is 27.6 Å². The summed E-state index contributed by atoms with van der Waals surface area (Å²) in [4.78, 5) is 38.8. The van der Waals surface area contributed by atoms with Gasteiger partial charge in [0.15, 0.2) is 0 Å². The number of amides is 3. The Morgan fingerprint density at radius 3 is 2.42 bits per heavy atom. The molecule has 0 saturated carbocycles. The molecule has 0 aliphatic carbocycles. The number of para-hydroxylation sites is 1. The minimum Gasteiger partial charge on any atom is -0.343 e. The molecule has 3 rings (SSSR count). The van der Waals surface area contributed by atoms with Crippen LogP contribution in [-0.4, -0.2) is 37.0 Å². The number of hydrogen-bond donors (Lipinski definition) is 2. The molecular formula is C22H22F3N3O3. The smallest absolute Gasteiger partial charge is 0.343 e. The van der Waals surface area contributed by atoms with Gasteiger partial charge in [0.2, 0.25) is 11.8 Å². The van der Waals surface area contributed by atoms with Crippen molar-refractivity contribution in [2.75, 3.05) is 23.3 Å². The van der Waals surface area contributed by atoms with E-state index in [4.69, 9.17) is 0 Å². The molecule has 1 fully saturated rings. The van der Waals surface area contributed by atoms with Gasteiger partial charge in [-0.25, -0.2) is 0 Å². The fourth-order valence-electron chi connectivity index (χ4n) is 3.34.